The van der Waals surface area contributed by atoms with Crippen LogP contribution in [0.2, 0.25) is 0 Å². The van der Waals surface area contributed by atoms with Crippen molar-refractivity contribution < 1.29 is 19.1 Å². The summed E-state index contributed by atoms with van der Waals surface area (Å²) < 4.78 is 5.00. The molecule has 1 N–H and O–H groups in total. The average Bonchev–Trinajstić information content (AvgIpc) is 3.07. The van der Waals surface area contributed by atoms with Crippen molar-refractivity contribution in [1.82, 2.24) is 9.88 Å². The van der Waals surface area contributed by atoms with E-state index in [1.54, 1.807) is 18.6 Å². The van der Waals surface area contributed by atoms with Crippen LogP contribution in [0.15, 0.2) is 28.4 Å². The van der Waals surface area contributed by atoms with E-state index >= 15 is 0 Å². The van der Waals surface area contributed by atoms with Gasteiger partial charge in [-0.15, -0.1) is 11.3 Å². The van der Waals surface area contributed by atoms with Gasteiger partial charge >= 0.3 is 5.97 Å². The first-order valence-corrected chi connectivity index (χ1v) is 7.44. The van der Waals surface area contributed by atoms with Gasteiger partial charge in [-0.25, -0.2) is 4.98 Å². The van der Waals surface area contributed by atoms with Crippen LogP contribution in [0, 0.1) is 0 Å². The quantitative estimate of drug-likeness (QED) is 0.848. The number of hydrogen-bond acceptors (Lipinski definition) is 5. The second-order valence-corrected chi connectivity index (χ2v) is 5.40. The number of carbonyl (C=O) groups excluding carboxylic acids is 1. The minimum atomic E-state index is -1.01. The third-order valence-corrected chi connectivity index (χ3v) is 3.76. The fourth-order valence-electron chi connectivity index (χ4n) is 1.90. The summed E-state index contributed by atoms with van der Waals surface area (Å²) in [6.45, 7) is 2.07. The van der Waals surface area contributed by atoms with Gasteiger partial charge in [0.15, 0.2) is 0 Å². The number of carboxylic acid groups (broad SMARTS) is 1. The summed E-state index contributed by atoms with van der Waals surface area (Å²) in [6, 6.07) is 1.80. The van der Waals surface area contributed by atoms with Crippen molar-refractivity contribution in [2.24, 2.45) is 0 Å². The van der Waals surface area contributed by atoms with E-state index in [9.17, 15) is 9.59 Å². The molecule has 21 heavy (non-hydrogen) atoms. The normalized spacial score (nSPS) is 10.5. The van der Waals surface area contributed by atoms with Crippen LogP contribution in [-0.2, 0) is 16.0 Å². The SMILES string of the molecule is CCCN(CC(=O)O)C(=O)Cc1csc(-c2ccoc2)n1. The van der Waals surface area contributed by atoms with E-state index in [0.29, 0.717) is 12.2 Å². The van der Waals surface area contributed by atoms with Crippen LogP contribution < -0.4 is 0 Å². The van der Waals surface area contributed by atoms with Gasteiger partial charge in [-0.1, -0.05) is 6.92 Å². The largest absolute Gasteiger partial charge is 0.480 e. The molecule has 6 nitrogen and oxygen atoms in total. The van der Waals surface area contributed by atoms with E-state index in [1.165, 1.54) is 16.2 Å². The number of aromatic nitrogens is 1. The van der Waals surface area contributed by atoms with Gasteiger partial charge in [0, 0.05) is 17.5 Å². The van der Waals surface area contributed by atoms with Crippen molar-refractivity contribution in [1.29, 1.82) is 0 Å². The topological polar surface area (TPSA) is 83.6 Å². The van der Waals surface area contributed by atoms with E-state index in [1.807, 2.05) is 12.3 Å². The molecule has 0 radical (unpaired) electrons. The van der Waals surface area contributed by atoms with Gasteiger partial charge in [0.1, 0.15) is 17.8 Å². The van der Waals surface area contributed by atoms with Crippen molar-refractivity contribution in [2.45, 2.75) is 19.8 Å². The maximum Gasteiger partial charge on any atom is 0.323 e. The fraction of sp³-hybridized carbons (Fsp3) is 0.357. The number of carboxylic acids is 1. The Labute approximate surface area is 126 Å². The molecule has 0 aliphatic carbocycles. The zero-order valence-electron chi connectivity index (χ0n) is 11.6. The number of thiazole rings is 1. The van der Waals surface area contributed by atoms with Crippen LogP contribution >= 0.6 is 11.3 Å². The zero-order chi connectivity index (χ0) is 15.2. The molecular weight excluding hydrogens is 292 g/mol. The molecule has 0 atom stereocenters. The van der Waals surface area contributed by atoms with Gasteiger partial charge in [-0.05, 0) is 12.5 Å². The lowest BCUT2D eigenvalue weighted by atomic mass is 10.2. The molecule has 112 valence electrons. The van der Waals surface area contributed by atoms with E-state index in [0.717, 1.165) is 17.0 Å². The number of nitrogens with zero attached hydrogens (tertiary/aromatic N) is 2. The standard InChI is InChI=1S/C14H16N2O4S/c1-2-4-16(7-13(18)19)12(17)6-11-9-21-14(15-11)10-3-5-20-8-10/h3,5,8-9H,2,4,6-7H2,1H3,(H,18,19). The predicted molar refractivity (Wildman–Crippen MR) is 78.0 cm³/mol. The maximum atomic E-state index is 12.1. The van der Waals surface area contributed by atoms with Gasteiger partial charge in [0.2, 0.25) is 5.91 Å². The molecule has 0 unspecified atom stereocenters. The molecule has 0 aromatic carbocycles. The molecule has 0 aliphatic heterocycles. The molecule has 0 spiro atoms. The van der Waals surface area contributed by atoms with Crippen molar-refractivity contribution >= 4 is 23.2 Å². The summed E-state index contributed by atoms with van der Waals surface area (Å²) in [5.74, 6) is -1.22. The number of aliphatic carboxylic acids is 1. The molecule has 2 heterocycles. The minimum Gasteiger partial charge on any atom is -0.480 e. The van der Waals surface area contributed by atoms with Crippen LogP contribution in [0.25, 0.3) is 10.6 Å². The first-order valence-electron chi connectivity index (χ1n) is 6.56. The molecular formula is C14H16N2O4S. The summed E-state index contributed by atoms with van der Waals surface area (Å²) in [5, 5.41) is 11.4. The lowest BCUT2D eigenvalue weighted by Gasteiger charge is -2.19. The van der Waals surface area contributed by atoms with Gasteiger partial charge in [0.05, 0.1) is 18.4 Å². The second-order valence-electron chi connectivity index (χ2n) is 4.54. The molecule has 2 aromatic rings. The summed E-state index contributed by atoms with van der Waals surface area (Å²) >= 11 is 1.43. The van der Waals surface area contributed by atoms with Crippen LogP contribution in [0.4, 0.5) is 0 Å². The number of hydrogen-bond donors (Lipinski definition) is 1. The molecule has 2 aromatic heterocycles. The van der Waals surface area contributed by atoms with Gasteiger partial charge < -0.3 is 14.4 Å². The first-order chi connectivity index (χ1) is 10.1. The molecule has 0 saturated carbocycles. The molecule has 0 bridgehead atoms. The maximum absolute atomic E-state index is 12.1. The Bertz CT molecular complexity index is 606. The van der Waals surface area contributed by atoms with Crippen LogP contribution in [-0.4, -0.2) is 40.0 Å². The number of furan rings is 1. The second kappa shape index (κ2) is 7.03. The first kappa shape index (κ1) is 15.2. The summed E-state index contributed by atoms with van der Waals surface area (Å²) in [7, 11) is 0. The minimum absolute atomic E-state index is 0.113. The van der Waals surface area contributed by atoms with Crippen molar-refractivity contribution in [3.05, 3.63) is 29.7 Å². The van der Waals surface area contributed by atoms with E-state index in [4.69, 9.17) is 9.52 Å². The predicted octanol–water partition coefficient (Wildman–Crippen LogP) is 2.27. The van der Waals surface area contributed by atoms with Gasteiger partial charge in [-0.3, -0.25) is 9.59 Å². The Morgan fingerprint density at radius 2 is 2.29 bits per heavy atom. The highest BCUT2D eigenvalue weighted by atomic mass is 32.1. The zero-order valence-corrected chi connectivity index (χ0v) is 12.4. The Morgan fingerprint density at radius 3 is 2.90 bits per heavy atom. The monoisotopic (exact) mass is 308 g/mol. The summed E-state index contributed by atoms with van der Waals surface area (Å²) in [6.07, 6.45) is 3.99. The van der Waals surface area contributed by atoms with Crippen LogP contribution in [0.1, 0.15) is 19.0 Å². The summed E-state index contributed by atoms with van der Waals surface area (Å²) in [5.41, 5.74) is 1.52. The number of carbonyl (C=O) groups is 2. The lowest BCUT2D eigenvalue weighted by molar-refractivity contribution is -0.144. The summed E-state index contributed by atoms with van der Waals surface area (Å²) in [4.78, 5) is 28.7. The Kier molecular flexibility index (Phi) is 5.10. The third kappa shape index (κ3) is 4.16. The van der Waals surface area contributed by atoms with E-state index < -0.39 is 5.97 Å². The molecule has 0 saturated heterocycles. The van der Waals surface area contributed by atoms with Crippen molar-refractivity contribution in [2.75, 3.05) is 13.1 Å². The number of amides is 1. The van der Waals surface area contributed by atoms with E-state index in [-0.39, 0.29) is 18.9 Å². The van der Waals surface area contributed by atoms with Crippen LogP contribution in [0.5, 0.6) is 0 Å². The lowest BCUT2D eigenvalue weighted by Crippen LogP contribution is -2.37. The average molecular weight is 308 g/mol. The Balaban J connectivity index is 2.02. The third-order valence-electron chi connectivity index (χ3n) is 2.82. The Hall–Kier alpha value is -2.15. The molecule has 0 fully saturated rings. The smallest absolute Gasteiger partial charge is 0.323 e. The highest BCUT2D eigenvalue weighted by Gasteiger charge is 2.18. The number of rotatable bonds is 7. The van der Waals surface area contributed by atoms with Gasteiger partial charge in [-0.2, -0.15) is 0 Å². The Morgan fingerprint density at radius 1 is 1.48 bits per heavy atom. The van der Waals surface area contributed by atoms with E-state index in [2.05, 4.69) is 4.98 Å². The van der Waals surface area contributed by atoms with Crippen LogP contribution in [0.3, 0.4) is 0 Å². The molecule has 1 amide bonds. The molecule has 7 heteroatoms. The highest BCUT2D eigenvalue weighted by Crippen LogP contribution is 2.24. The molecule has 2 rings (SSSR count). The van der Waals surface area contributed by atoms with Gasteiger partial charge in [0.25, 0.3) is 0 Å². The fourth-order valence-corrected chi connectivity index (χ4v) is 2.70. The van der Waals surface area contributed by atoms with Crippen molar-refractivity contribution in [3.63, 3.8) is 0 Å². The molecule has 0 aliphatic rings. The van der Waals surface area contributed by atoms with Crippen molar-refractivity contribution in [3.8, 4) is 10.6 Å². The highest BCUT2D eigenvalue weighted by molar-refractivity contribution is 7.13.